The highest BCUT2D eigenvalue weighted by molar-refractivity contribution is 7.53. The first kappa shape index (κ1) is 12.4. The van der Waals surface area contributed by atoms with E-state index >= 15 is 0 Å². The summed E-state index contributed by atoms with van der Waals surface area (Å²) in [5, 5.41) is 0. The first-order chi connectivity index (χ1) is 7.11. The van der Waals surface area contributed by atoms with Crippen molar-refractivity contribution in [2.45, 2.75) is 12.8 Å². The molecule has 0 saturated carbocycles. The Labute approximate surface area is 89.5 Å². The van der Waals surface area contributed by atoms with Crippen LogP contribution in [0.5, 0.6) is 0 Å². The Balaban J connectivity index is 2.56. The average Bonchev–Trinajstić information content (AvgIpc) is 2.28. The van der Waals surface area contributed by atoms with Crippen molar-refractivity contribution in [2.75, 3.05) is 20.4 Å². The van der Waals surface area contributed by atoms with E-state index in [9.17, 15) is 9.36 Å². The molecule has 1 aliphatic carbocycles. The predicted molar refractivity (Wildman–Crippen MR) is 58.0 cm³/mol. The zero-order chi connectivity index (χ0) is 11.3. The van der Waals surface area contributed by atoms with Crippen LogP contribution in [-0.4, -0.2) is 26.2 Å². The highest BCUT2D eigenvalue weighted by atomic mass is 31.2. The first-order valence-electron chi connectivity index (χ1n) is 4.71. The van der Waals surface area contributed by atoms with E-state index in [2.05, 4.69) is 0 Å². The summed E-state index contributed by atoms with van der Waals surface area (Å²) in [5.74, 6) is 0.0799. The number of hydrogen-bond acceptors (Lipinski definition) is 4. The number of rotatable bonds is 5. The Bertz CT molecular complexity index is 335. The molecule has 0 saturated heterocycles. The Morgan fingerprint density at radius 2 is 2.07 bits per heavy atom. The number of ketones is 1. The van der Waals surface area contributed by atoms with E-state index in [0.717, 1.165) is 0 Å². The predicted octanol–water partition coefficient (Wildman–Crippen LogP) is 2.32. The molecule has 0 heterocycles. The fraction of sp³-hybridized carbons (Fsp3) is 0.500. The molecule has 0 bridgehead atoms. The van der Waals surface area contributed by atoms with Crippen molar-refractivity contribution >= 4 is 13.4 Å². The van der Waals surface area contributed by atoms with Crippen LogP contribution < -0.4 is 0 Å². The molecule has 0 radical (unpaired) electrons. The van der Waals surface area contributed by atoms with Crippen molar-refractivity contribution in [1.29, 1.82) is 0 Å². The van der Waals surface area contributed by atoms with Crippen LogP contribution in [0.25, 0.3) is 0 Å². The maximum Gasteiger partial charge on any atom is 0.330 e. The molecule has 0 aromatic heterocycles. The second-order valence-corrected chi connectivity index (χ2v) is 5.60. The molecular weight excluding hydrogens is 215 g/mol. The molecule has 1 rings (SSSR count). The molecule has 0 atom stereocenters. The smallest absolute Gasteiger partial charge is 0.312 e. The molecule has 0 spiro atoms. The van der Waals surface area contributed by atoms with Gasteiger partial charge in [-0.3, -0.25) is 9.36 Å². The highest BCUT2D eigenvalue weighted by Crippen LogP contribution is 2.47. The summed E-state index contributed by atoms with van der Waals surface area (Å²) < 4.78 is 21.3. The number of hydrogen-bond donors (Lipinski definition) is 0. The molecule has 15 heavy (non-hydrogen) atoms. The van der Waals surface area contributed by atoms with Crippen molar-refractivity contribution in [2.24, 2.45) is 0 Å². The molecular formula is C10H15O4P. The molecule has 0 unspecified atom stereocenters. The van der Waals surface area contributed by atoms with Gasteiger partial charge in [-0.2, -0.15) is 0 Å². The monoisotopic (exact) mass is 230 g/mol. The maximum absolute atomic E-state index is 11.7. The first-order valence-corrected chi connectivity index (χ1v) is 6.43. The van der Waals surface area contributed by atoms with Gasteiger partial charge in [-0.15, -0.1) is 0 Å². The van der Waals surface area contributed by atoms with Gasteiger partial charge < -0.3 is 9.05 Å². The van der Waals surface area contributed by atoms with Gasteiger partial charge >= 0.3 is 7.60 Å². The zero-order valence-electron chi connectivity index (χ0n) is 8.93. The van der Waals surface area contributed by atoms with Crippen LogP contribution in [0.15, 0.2) is 23.8 Å². The third kappa shape index (κ3) is 3.42. The molecule has 0 N–H and O–H groups in total. The third-order valence-corrected chi connectivity index (χ3v) is 4.19. The standard InChI is InChI=1S/C10H15O4P/c1-13-15(12,14-2)8-7-9-5-3-4-6-10(9)11/h3-5H,6-8H2,1-2H3. The fourth-order valence-corrected chi connectivity index (χ4v) is 2.35. The van der Waals surface area contributed by atoms with Crippen molar-refractivity contribution in [1.82, 2.24) is 0 Å². The van der Waals surface area contributed by atoms with Crippen molar-refractivity contribution in [3.63, 3.8) is 0 Å². The summed E-state index contributed by atoms with van der Waals surface area (Å²) in [6.07, 6.45) is 6.49. The minimum atomic E-state index is -2.99. The molecule has 0 aromatic carbocycles. The molecule has 0 amide bonds. The highest BCUT2D eigenvalue weighted by Gasteiger charge is 2.22. The summed E-state index contributed by atoms with van der Waals surface area (Å²) in [4.78, 5) is 11.4. The van der Waals surface area contributed by atoms with Gasteiger partial charge in [0.05, 0.1) is 6.16 Å². The van der Waals surface area contributed by atoms with Gasteiger partial charge in [0.25, 0.3) is 0 Å². The largest absolute Gasteiger partial charge is 0.330 e. The zero-order valence-corrected chi connectivity index (χ0v) is 9.83. The van der Waals surface area contributed by atoms with Gasteiger partial charge in [0, 0.05) is 20.6 Å². The lowest BCUT2D eigenvalue weighted by atomic mass is 10.0. The quantitative estimate of drug-likeness (QED) is 0.680. The maximum atomic E-state index is 11.7. The Morgan fingerprint density at radius 1 is 1.40 bits per heavy atom. The topological polar surface area (TPSA) is 52.6 Å². The lowest BCUT2D eigenvalue weighted by Crippen LogP contribution is -2.06. The summed E-state index contributed by atoms with van der Waals surface area (Å²) >= 11 is 0. The van der Waals surface area contributed by atoms with Crippen LogP contribution in [-0.2, 0) is 18.4 Å². The summed E-state index contributed by atoms with van der Waals surface area (Å²) in [5.41, 5.74) is 0.687. The van der Waals surface area contributed by atoms with Gasteiger partial charge in [0.1, 0.15) is 0 Å². The lowest BCUT2D eigenvalue weighted by molar-refractivity contribution is -0.115. The van der Waals surface area contributed by atoms with Gasteiger partial charge in [-0.05, 0) is 12.0 Å². The van der Waals surface area contributed by atoms with E-state index in [-0.39, 0.29) is 11.9 Å². The lowest BCUT2D eigenvalue weighted by Gasteiger charge is -2.14. The van der Waals surface area contributed by atoms with E-state index in [0.29, 0.717) is 18.4 Å². The van der Waals surface area contributed by atoms with E-state index < -0.39 is 7.60 Å². The molecule has 0 aliphatic heterocycles. The number of carbonyl (C=O) groups is 1. The van der Waals surface area contributed by atoms with Crippen LogP contribution >= 0.6 is 7.60 Å². The number of carbonyl (C=O) groups excluding carboxylic acids is 1. The fourth-order valence-electron chi connectivity index (χ4n) is 1.32. The van der Waals surface area contributed by atoms with Crippen LogP contribution in [0.2, 0.25) is 0 Å². The second-order valence-electron chi connectivity index (χ2n) is 3.20. The minimum Gasteiger partial charge on any atom is -0.312 e. The van der Waals surface area contributed by atoms with Crippen LogP contribution in [0.1, 0.15) is 12.8 Å². The summed E-state index contributed by atoms with van der Waals surface area (Å²) in [7, 11) is -0.295. The normalized spacial score (nSPS) is 16.7. The molecule has 4 nitrogen and oxygen atoms in total. The van der Waals surface area contributed by atoms with Gasteiger partial charge in [0.15, 0.2) is 5.78 Å². The van der Waals surface area contributed by atoms with E-state index in [1.165, 1.54) is 14.2 Å². The SMILES string of the molecule is COP(=O)(CCC1=CC=CCC1=O)OC. The molecule has 5 heteroatoms. The Kier molecular flexibility index (Phi) is 4.45. The van der Waals surface area contributed by atoms with Crippen LogP contribution in [0.4, 0.5) is 0 Å². The Hall–Kier alpha value is -0.700. The minimum absolute atomic E-state index is 0.0799. The molecule has 0 aromatic rings. The van der Waals surface area contributed by atoms with E-state index in [1.54, 1.807) is 12.2 Å². The Morgan fingerprint density at radius 3 is 2.60 bits per heavy atom. The second kappa shape index (κ2) is 5.40. The van der Waals surface area contributed by atoms with Crippen LogP contribution in [0, 0.1) is 0 Å². The van der Waals surface area contributed by atoms with Crippen LogP contribution in [0.3, 0.4) is 0 Å². The summed E-state index contributed by atoms with van der Waals surface area (Å²) in [6, 6.07) is 0. The number of allylic oxidation sites excluding steroid dienone is 4. The van der Waals surface area contributed by atoms with E-state index in [4.69, 9.17) is 9.05 Å². The number of Topliss-reactive ketones (excluding diaryl/α,β-unsaturated/α-hetero) is 1. The van der Waals surface area contributed by atoms with Gasteiger partial charge in [-0.25, -0.2) is 0 Å². The molecule has 0 fully saturated rings. The molecule has 84 valence electrons. The van der Waals surface area contributed by atoms with Crippen molar-refractivity contribution in [3.05, 3.63) is 23.8 Å². The average molecular weight is 230 g/mol. The van der Waals surface area contributed by atoms with Crippen molar-refractivity contribution < 1.29 is 18.4 Å². The summed E-state index contributed by atoms with van der Waals surface area (Å²) in [6.45, 7) is 0. The van der Waals surface area contributed by atoms with Crippen molar-refractivity contribution in [3.8, 4) is 0 Å². The third-order valence-electron chi connectivity index (χ3n) is 2.31. The van der Waals surface area contributed by atoms with Gasteiger partial charge in [-0.1, -0.05) is 18.2 Å². The molecule has 1 aliphatic rings. The van der Waals surface area contributed by atoms with Gasteiger partial charge in [0.2, 0.25) is 0 Å². The van der Waals surface area contributed by atoms with E-state index in [1.807, 2.05) is 6.08 Å².